The highest BCUT2D eigenvalue weighted by Crippen LogP contribution is 2.24. The van der Waals surface area contributed by atoms with Crippen LogP contribution in [-0.2, 0) is 13.0 Å². The van der Waals surface area contributed by atoms with Gasteiger partial charge in [-0.1, -0.05) is 23.7 Å². The molecule has 0 radical (unpaired) electrons. The molecule has 6 nitrogen and oxygen atoms in total. The third-order valence-corrected chi connectivity index (χ3v) is 5.79. The van der Waals surface area contributed by atoms with E-state index in [1.165, 1.54) is 0 Å². The molecule has 0 saturated heterocycles. The van der Waals surface area contributed by atoms with E-state index in [0.717, 1.165) is 33.5 Å². The van der Waals surface area contributed by atoms with Crippen LogP contribution in [0, 0.1) is 0 Å². The minimum atomic E-state index is -0.175. The standard InChI is InChI=1S/C26H26ClN3O3/c1-32-22-9-3-18(4-10-22)17-30(26(31)29-21-7-5-20(27)6-8-21)14-13-19-16-28-25-12-11-23(33-2)15-24(19)25/h3-12,15-16,28H,13-14,17H2,1-2H3,(H,29,31). The maximum absolute atomic E-state index is 13.2. The van der Waals surface area contributed by atoms with E-state index < -0.39 is 0 Å². The van der Waals surface area contributed by atoms with E-state index >= 15 is 0 Å². The third kappa shape index (κ3) is 5.59. The summed E-state index contributed by atoms with van der Waals surface area (Å²) in [5.74, 6) is 1.59. The molecule has 4 rings (SSSR count). The van der Waals surface area contributed by atoms with Crippen LogP contribution in [0.2, 0.25) is 5.02 Å². The zero-order valence-electron chi connectivity index (χ0n) is 18.6. The highest BCUT2D eigenvalue weighted by molar-refractivity contribution is 6.30. The normalized spacial score (nSPS) is 10.8. The molecule has 0 spiro atoms. The number of carbonyl (C=O) groups is 1. The number of H-pyrrole nitrogens is 1. The SMILES string of the molecule is COc1ccc(CN(CCc2c[nH]c3ccc(OC)cc23)C(=O)Nc2ccc(Cl)cc2)cc1. The molecule has 0 aliphatic carbocycles. The second-order valence-corrected chi connectivity index (χ2v) is 8.12. The average Bonchev–Trinajstić information content (AvgIpc) is 3.25. The molecule has 4 aromatic rings. The minimum Gasteiger partial charge on any atom is -0.497 e. The van der Waals surface area contributed by atoms with Gasteiger partial charge in [0, 0.05) is 40.9 Å². The maximum atomic E-state index is 13.2. The number of nitrogens with one attached hydrogen (secondary N) is 2. The van der Waals surface area contributed by atoms with Crippen LogP contribution in [-0.4, -0.2) is 36.7 Å². The van der Waals surface area contributed by atoms with Gasteiger partial charge in [-0.3, -0.25) is 0 Å². The number of aromatic amines is 1. The van der Waals surface area contributed by atoms with Crippen molar-refractivity contribution in [1.29, 1.82) is 0 Å². The highest BCUT2D eigenvalue weighted by atomic mass is 35.5. The van der Waals surface area contributed by atoms with E-state index in [0.29, 0.717) is 30.2 Å². The summed E-state index contributed by atoms with van der Waals surface area (Å²) in [5.41, 5.74) is 3.88. The van der Waals surface area contributed by atoms with Gasteiger partial charge in [0.1, 0.15) is 11.5 Å². The van der Waals surface area contributed by atoms with E-state index in [9.17, 15) is 4.79 Å². The quantitative estimate of drug-likeness (QED) is 0.331. The zero-order valence-corrected chi connectivity index (χ0v) is 19.4. The van der Waals surface area contributed by atoms with Crippen LogP contribution in [0.5, 0.6) is 11.5 Å². The van der Waals surface area contributed by atoms with Crippen LogP contribution in [0.15, 0.2) is 72.9 Å². The van der Waals surface area contributed by atoms with Crippen LogP contribution in [0.25, 0.3) is 10.9 Å². The summed E-state index contributed by atoms with van der Waals surface area (Å²) in [6, 6.07) is 20.6. The van der Waals surface area contributed by atoms with Crippen LogP contribution >= 0.6 is 11.6 Å². The second kappa shape index (κ2) is 10.3. The number of hydrogen-bond donors (Lipinski definition) is 2. The van der Waals surface area contributed by atoms with Crippen molar-refractivity contribution in [3.05, 3.63) is 89.1 Å². The van der Waals surface area contributed by atoms with Crippen molar-refractivity contribution in [2.24, 2.45) is 0 Å². The molecule has 1 heterocycles. The first-order valence-electron chi connectivity index (χ1n) is 10.6. The Balaban J connectivity index is 1.53. The number of anilines is 1. The number of urea groups is 1. The van der Waals surface area contributed by atoms with Crippen molar-refractivity contribution in [2.45, 2.75) is 13.0 Å². The van der Waals surface area contributed by atoms with E-state index in [4.69, 9.17) is 21.1 Å². The molecule has 0 bridgehead atoms. The monoisotopic (exact) mass is 463 g/mol. The van der Waals surface area contributed by atoms with E-state index in [1.54, 1.807) is 43.4 Å². The summed E-state index contributed by atoms with van der Waals surface area (Å²) in [4.78, 5) is 18.3. The van der Waals surface area contributed by atoms with Crippen LogP contribution in [0.3, 0.4) is 0 Å². The summed E-state index contributed by atoms with van der Waals surface area (Å²) in [7, 11) is 3.29. The summed E-state index contributed by atoms with van der Waals surface area (Å²) >= 11 is 5.97. The van der Waals surface area contributed by atoms with Gasteiger partial charge in [0.05, 0.1) is 14.2 Å². The predicted molar refractivity (Wildman–Crippen MR) is 132 cm³/mol. The van der Waals surface area contributed by atoms with Crippen molar-refractivity contribution in [3.63, 3.8) is 0 Å². The largest absolute Gasteiger partial charge is 0.497 e. The molecule has 1 aromatic heterocycles. The van der Waals surface area contributed by atoms with Gasteiger partial charge >= 0.3 is 6.03 Å². The Morgan fingerprint density at radius 1 is 0.970 bits per heavy atom. The zero-order chi connectivity index (χ0) is 23.2. The molecule has 0 aliphatic heterocycles. The highest BCUT2D eigenvalue weighted by Gasteiger charge is 2.16. The molecule has 0 aliphatic rings. The number of halogens is 1. The van der Waals surface area contributed by atoms with Gasteiger partial charge in [-0.2, -0.15) is 0 Å². The van der Waals surface area contributed by atoms with Gasteiger partial charge in [0.15, 0.2) is 0 Å². The lowest BCUT2D eigenvalue weighted by atomic mass is 10.1. The Morgan fingerprint density at radius 2 is 1.67 bits per heavy atom. The lowest BCUT2D eigenvalue weighted by molar-refractivity contribution is 0.210. The van der Waals surface area contributed by atoms with Crippen molar-refractivity contribution in [3.8, 4) is 11.5 Å². The number of methoxy groups -OCH3 is 2. The van der Waals surface area contributed by atoms with Crippen LogP contribution in [0.1, 0.15) is 11.1 Å². The first-order valence-corrected chi connectivity index (χ1v) is 11.0. The maximum Gasteiger partial charge on any atom is 0.322 e. The number of nitrogens with zero attached hydrogens (tertiary/aromatic N) is 1. The number of ether oxygens (including phenoxy) is 2. The fraction of sp³-hybridized carbons (Fsp3) is 0.192. The van der Waals surface area contributed by atoms with Gasteiger partial charge in [0.2, 0.25) is 0 Å². The number of amides is 2. The Kier molecular flexibility index (Phi) is 7.05. The fourth-order valence-corrected chi connectivity index (χ4v) is 3.81. The Bertz CT molecular complexity index is 1220. The van der Waals surface area contributed by atoms with E-state index in [1.807, 2.05) is 48.7 Å². The Labute approximate surface area is 198 Å². The van der Waals surface area contributed by atoms with Gasteiger partial charge in [-0.25, -0.2) is 4.79 Å². The van der Waals surface area contributed by atoms with Crippen molar-refractivity contribution >= 4 is 34.2 Å². The van der Waals surface area contributed by atoms with Gasteiger partial charge < -0.3 is 24.7 Å². The first kappa shape index (κ1) is 22.6. The lowest BCUT2D eigenvalue weighted by Crippen LogP contribution is -2.36. The van der Waals surface area contributed by atoms with Crippen molar-refractivity contribution in [2.75, 3.05) is 26.1 Å². The number of carbonyl (C=O) groups excluding carboxylic acids is 1. The average molecular weight is 464 g/mol. The molecule has 0 saturated carbocycles. The topological polar surface area (TPSA) is 66.6 Å². The third-order valence-electron chi connectivity index (χ3n) is 5.54. The molecule has 0 atom stereocenters. The van der Waals surface area contributed by atoms with Crippen molar-refractivity contribution in [1.82, 2.24) is 9.88 Å². The Hall–Kier alpha value is -3.64. The van der Waals surface area contributed by atoms with Crippen LogP contribution in [0.4, 0.5) is 10.5 Å². The molecule has 170 valence electrons. The molecule has 0 fully saturated rings. The number of aromatic nitrogens is 1. The van der Waals surface area contributed by atoms with Gasteiger partial charge in [-0.05, 0) is 72.1 Å². The Morgan fingerprint density at radius 3 is 2.36 bits per heavy atom. The van der Waals surface area contributed by atoms with Crippen LogP contribution < -0.4 is 14.8 Å². The molecule has 0 unspecified atom stereocenters. The lowest BCUT2D eigenvalue weighted by Gasteiger charge is -2.23. The minimum absolute atomic E-state index is 0.175. The molecule has 2 N–H and O–H groups in total. The molecule has 33 heavy (non-hydrogen) atoms. The van der Waals surface area contributed by atoms with Gasteiger partial charge in [0.25, 0.3) is 0 Å². The summed E-state index contributed by atoms with van der Waals surface area (Å²) in [6.45, 7) is 1.00. The number of hydrogen-bond acceptors (Lipinski definition) is 3. The van der Waals surface area contributed by atoms with Crippen molar-refractivity contribution < 1.29 is 14.3 Å². The number of rotatable bonds is 8. The molecular formula is C26H26ClN3O3. The fourth-order valence-electron chi connectivity index (χ4n) is 3.69. The smallest absolute Gasteiger partial charge is 0.322 e. The summed E-state index contributed by atoms with van der Waals surface area (Å²) < 4.78 is 10.6. The number of fused-ring (bicyclic) bond motifs is 1. The second-order valence-electron chi connectivity index (χ2n) is 7.68. The van der Waals surface area contributed by atoms with E-state index in [2.05, 4.69) is 10.3 Å². The summed E-state index contributed by atoms with van der Waals surface area (Å²) in [6.07, 6.45) is 2.68. The molecule has 2 amide bonds. The van der Waals surface area contributed by atoms with E-state index in [-0.39, 0.29) is 6.03 Å². The number of benzene rings is 3. The van der Waals surface area contributed by atoms with Gasteiger partial charge in [-0.15, -0.1) is 0 Å². The molecule has 7 heteroatoms. The molecular weight excluding hydrogens is 438 g/mol. The first-order chi connectivity index (χ1) is 16.1. The summed E-state index contributed by atoms with van der Waals surface area (Å²) in [5, 5.41) is 4.69. The molecule has 3 aromatic carbocycles. The predicted octanol–water partition coefficient (Wildman–Crippen LogP) is 6.12.